The van der Waals surface area contributed by atoms with Crippen molar-refractivity contribution in [2.24, 2.45) is 5.92 Å². The van der Waals surface area contributed by atoms with E-state index in [-0.39, 0.29) is 17.7 Å². The van der Waals surface area contributed by atoms with Crippen LogP contribution < -0.4 is 0 Å². The lowest BCUT2D eigenvalue weighted by atomic mass is 10.1. The summed E-state index contributed by atoms with van der Waals surface area (Å²) in [5, 5.41) is 0. The third-order valence-corrected chi connectivity index (χ3v) is 3.96. The molecule has 0 radical (unpaired) electrons. The second-order valence-corrected chi connectivity index (χ2v) is 5.49. The van der Waals surface area contributed by atoms with Gasteiger partial charge in [-0.15, -0.1) is 0 Å². The average molecular weight is 299 g/mol. The van der Waals surface area contributed by atoms with E-state index in [2.05, 4.69) is 0 Å². The molecule has 1 aliphatic carbocycles. The van der Waals surface area contributed by atoms with Crippen molar-refractivity contribution >= 4 is 5.91 Å². The molecule has 0 spiro atoms. The zero-order valence-electron chi connectivity index (χ0n) is 12.3. The highest BCUT2D eigenvalue weighted by atomic mass is 19.4. The van der Waals surface area contributed by atoms with Crippen LogP contribution in [0.4, 0.5) is 13.2 Å². The number of carbonyl (C=O) groups excluding carboxylic acids is 1. The molecular weight excluding hydrogens is 279 g/mol. The predicted molar refractivity (Wildman–Crippen MR) is 74.8 cm³/mol. The van der Waals surface area contributed by atoms with Crippen LogP contribution in [0.15, 0.2) is 24.3 Å². The molecule has 0 heterocycles. The van der Waals surface area contributed by atoms with Crippen molar-refractivity contribution in [1.29, 1.82) is 0 Å². The Morgan fingerprint density at radius 3 is 2.33 bits per heavy atom. The molecule has 2 rings (SSSR count). The molecule has 116 valence electrons. The van der Waals surface area contributed by atoms with Crippen molar-refractivity contribution < 1.29 is 18.0 Å². The maximum Gasteiger partial charge on any atom is 0.416 e. The fourth-order valence-electron chi connectivity index (χ4n) is 2.68. The molecule has 0 aliphatic heterocycles. The van der Waals surface area contributed by atoms with Crippen molar-refractivity contribution in [3.63, 3.8) is 0 Å². The molecule has 2 unspecified atom stereocenters. The molecule has 0 N–H and O–H groups in total. The van der Waals surface area contributed by atoms with Crippen molar-refractivity contribution in [3.05, 3.63) is 35.4 Å². The number of hydrogen-bond donors (Lipinski definition) is 0. The van der Waals surface area contributed by atoms with E-state index < -0.39 is 11.7 Å². The van der Waals surface area contributed by atoms with Crippen LogP contribution in [0.2, 0.25) is 0 Å². The Labute approximate surface area is 122 Å². The minimum atomic E-state index is -4.31. The summed E-state index contributed by atoms with van der Waals surface area (Å²) in [6.45, 7) is 5.40. The predicted octanol–water partition coefficient (Wildman–Crippen LogP) is 4.07. The first-order valence-corrected chi connectivity index (χ1v) is 7.34. The number of hydrogen-bond acceptors (Lipinski definition) is 1. The smallest absolute Gasteiger partial charge is 0.343 e. The number of amides is 1. The van der Waals surface area contributed by atoms with Crippen LogP contribution in [0.5, 0.6) is 0 Å². The van der Waals surface area contributed by atoms with Crippen LogP contribution in [-0.4, -0.2) is 23.9 Å². The lowest BCUT2D eigenvalue weighted by Crippen LogP contribution is -2.33. The molecule has 1 amide bonds. The van der Waals surface area contributed by atoms with Gasteiger partial charge < -0.3 is 4.90 Å². The fraction of sp³-hybridized carbons (Fsp3) is 0.562. The van der Waals surface area contributed by atoms with Crippen molar-refractivity contribution in [2.45, 2.75) is 38.8 Å². The summed E-state index contributed by atoms with van der Waals surface area (Å²) < 4.78 is 37.6. The van der Waals surface area contributed by atoms with E-state index >= 15 is 0 Å². The summed E-state index contributed by atoms with van der Waals surface area (Å²) in [4.78, 5) is 14.1. The SMILES string of the molecule is CCCN(CC)C(=O)C1CC1c1ccc(C(F)(F)F)cc1. The maximum atomic E-state index is 12.5. The van der Waals surface area contributed by atoms with E-state index in [0.717, 1.165) is 37.1 Å². The van der Waals surface area contributed by atoms with E-state index in [0.29, 0.717) is 6.54 Å². The summed E-state index contributed by atoms with van der Waals surface area (Å²) in [5.74, 6) is 0.142. The van der Waals surface area contributed by atoms with Gasteiger partial charge in [0.1, 0.15) is 0 Å². The van der Waals surface area contributed by atoms with Crippen molar-refractivity contribution in [1.82, 2.24) is 4.90 Å². The summed E-state index contributed by atoms with van der Waals surface area (Å²) in [5.41, 5.74) is 0.185. The highest BCUT2D eigenvalue weighted by Gasteiger charge is 2.45. The summed E-state index contributed by atoms with van der Waals surface area (Å²) in [6.07, 6.45) is -2.65. The minimum absolute atomic E-state index is 0.0618. The number of halogens is 3. The summed E-state index contributed by atoms with van der Waals surface area (Å²) >= 11 is 0. The minimum Gasteiger partial charge on any atom is -0.343 e. The molecule has 5 heteroatoms. The Hall–Kier alpha value is -1.52. The zero-order chi connectivity index (χ0) is 15.6. The Bertz CT molecular complexity index is 495. The Balaban J connectivity index is 2.01. The van der Waals surface area contributed by atoms with Gasteiger partial charge in [-0.3, -0.25) is 4.79 Å². The van der Waals surface area contributed by atoms with Gasteiger partial charge in [0, 0.05) is 19.0 Å². The van der Waals surface area contributed by atoms with Crippen LogP contribution in [-0.2, 0) is 11.0 Å². The molecule has 21 heavy (non-hydrogen) atoms. The summed E-state index contributed by atoms with van der Waals surface area (Å²) in [7, 11) is 0. The third-order valence-electron chi connectivity index (χ3n) is 3.96. The van der Waals surface area contributed by atoms with Gasteiger partial charge in [-0.1, -0.05) is 19.1 Å². The van der Waals surface area contributed by atoms with Gasteiger partial charge in [0.25, 0.3) is 0 Å². The number of carbonyl (C=O) groups is 1. The highest BCUT2D eigenvalue weighted by molar-refractivity contribution is 5.83. The van der Waals surface area contributed by atoms with Crippen LogP contribution >= 0.6 is 0 Å². The second kappa shape index (κ2) is 6.08. The first-order valence-electron chi connectivity index (χ1n) is 7.34. The number of alkyl halides is 3. The molecule has 0 aromatic heterocycles. The first kappa shape index (κ1) is 15.9. The monoisotopic (exact) mass is 299 g/mol. The number of benzene rings is 1. The van der Waals surface area contributed by atoms with Crippen molar-refractivity contribution in [2.75, 3.05) is 13.1 Å². The van der Waals surface area contributed by atoms with Crippen LogP contribution in [0, 0.1) is 5.92 Å². The molecule has 1 aliphatic rings. The number of rotatable bonds is 5. The van der Waals surface area contributed by atoms with E-state index in [1.165, 1.54) is 12.1 Å². The Kier molecular flexibility index (Phi) is 4.59. The zero-order valence-corrected chi connectivity index (χ0v) is 12.3. The van der Waals surface area contributed by atoms with Gasteiger partial charge in [0.05, 0.1) is 5.56 Å². The van der Waals surface area contributed by atoms with Gasteiger partial charge in [-0.25, -0.2) is 0 Å². The first-order chi connectivity index (χ1) is 9.88. The second-order valence-electron chi connectivity index (χ2n) is 5.49. The van der Waals surface area contributed by atoms with Crippen LogP contribution in [0.3, 0.4) is 0 Å². The molecule has 0 saturated heterocycles. The average Bonchev–Trinajstić information content (AvgIpc) is 3.23. The molecule has 0 bridgehead atoms. The van der Waals surface area contributed by atoms with Crippen molar-refractivity contribution in [3.8, 4) is 0 Å². The lowest BCUT2D eigenvalue weighted by Gasteiger charge is -2.20. The molecule has 2 nitrogen and oxygen atoms in total. The van der Waals surface area contributed by atoms with Crippen LogP contribution in [0.1, 0.15) is 43.7 Å². The molecule has 1 aromatic carbocycles. The molecule has 1 fully saturated rings. The molecule has 1 aromatic rings. The molecule has 2 atom stereocenters. The molecule has 1 saturated carbocycles. The Morgan fingerprint density at radius 1 is 1.24 bits per heavy atom. The third kappa shape index (κ3) is 3.57. The maximum absolute atomic E-state index is 12.5. The van der Waals surface area contributed by atoms with Gasteiger partial charge in [0.15, 0.2) is 0 Å². The van der Waals surface area contributed by atoms with Gasteiger partial charge in [-0.05, 0) is 43.4 Å². The van der Waals surface area contributed by atoms with Gasteiger partial charge in [-0.2, -0.15) is 13.2 Å². The summed E-state index contributed by atoms with van der Waals surface area (Å²) in [6, 6.07) is 5.19. The van der Waals surface area contributed by atoms with Gasteiger partial charge in [0.2, 0.25) is 5.91 Å². The van der Waals surface area contributed by atoms with E-state index in [1.807, 2.05) is 18.7 Å². The van der Waals surface area contributed by atoms with E-state index in [4.69, 9.17) is 0 Å². The Morgan fingerprint density at radius 2 is 1.86 bits per heavy atom. The molecular formula is C16H20F3NO. The van der Waals surface area contributed by atoms with E-state index in [1.54, 1.807) is 0 Å². The highest BCUT2D eigenvalue weighted by Crippen LogP contribution is 2.48. The lowest BCUT2D eigenvalue weighted by molar-refractivity contribution is -0.137. The fourth-order valence-corrected chi connectivity index (χ4v) is 2.68. The standard InChI is InChI=1S/C16H20F3NO/c1-3-9-20(4-2)15(21)14-10-13(14)11-5-7-12(8-6-11)16(17,18)19/h5-8,13-14H,3-4,9-10H2,1-2H3. The van der Waals surface area contributed by atoms with Crippen LogP contribution in [0.25, 0.3) is 0 Å². The largest absolute Gasteiger partial charge is 0.416 e. The van der Waals surface area contributed by atoms with Gasteiger partial charge >= 0.3 is 6.18 Å². The normalized spacial score (nSPS) is 21.2. The topological polar surface area (TPSA) is 20.3 Å². The number of nitrogens with zero attached hydrogens (tertiary/aromatic N) is 1. The quantitative estimate of drug-likeness (QED) is 0.802. The van der Waals surface area contributed by atoms with E-state index in [9.17, 15) is 18.0 Å².